The monoisotopic (exact) mass is 289 g/mol. The van der Waals surface area contributed by atoms with E-state index in [-0.39, 0.29) is 23.2 Å². The Kier molecular flexibility index (Phi) is 3.04. The molecule has 0 saturated carbocycles. The Labute approximate surface area is 119 Å². The van der Waals surface area contributed by atoms with E-state index in [4.69, 9.17) is 5.11 Å². The number of aromatic amines is 1. The Morgan fingerprint density at radius 1 is 1.38 bits per heavy atom. The Morgan fingerprint density at radius 3 is 2.81 bits per heavy atom. The number of nitrogens with one attached hydrogen (secondary N) is 1. The van der Waals surface area contributed by atoms with E-state index in [2.05, 4.69) is 4.98 Å². The number of carbonyl (C=O) groups is 2. The van der Waals surface area contributed by atoms with Gasteiger partial charge >= 0.3 is 11.7 Å². The molecule has 0 radical (unpaired) electrons. The molecule has 1 aliphatic rings. The van der Waals surface area contributed by atoms with Crippen LogP contribution in [-0.4, -0.2) is 45.0 Å². The summed E-state index contributed by atoms with van der Waals surface area (Å²) in [5.74, 6) is -0.958. The number of hydrogen-bond acceptors (Lipinski definition) is 3. The van der Waals surface area contributed by atoms with Crippen LogP contribution in [0.1, 0.15) is 29.2 Å². The molecule has 0 aliphatic carbocycles. The summed E-state index contributed by atoms with van der Waals surface area (Å²) in [6.45, 7) is 0.479. The van der Waals surface area contributed by atoms with Gasteiger partial charge in [-0.2, -0.15) is 0 Å². The molecule has 0 spiro atoms. The number of rotatable bonds is 2. The minimum atomic E-state index is -1.03. The van der Waals surface area contributed by atoms with E-state index in [0.29, 0.717) is 30.4 Å². The van der Waals surface area contributed by atoms with Crippen LogP contribution in [0.4, 0.5) is 0 Å². The first-order valence-electron chi connectivity index (χ1n) is 6.69. The molecular weight excluding hydrogens is 274 g/mol. The Morgan fingerprint density at radius 2 is 2.14 bits per heavy atom. The van der Waals surface area contributed by atoms with Crippen molar-refractivity contribution in [2.45, 2.75) is 18.9 Å². The zero-order chi connectivity index (χ0) is 15.1. The van der Waals surface area contributed by atoms with Gasteiger partial charge in [-0.25, -0.2) is 9.59 Å². The maximum atomic E-state index is 12.2. The van der Waals surface area contributed by atoms with E-state index in [1.807, 2.05) is 0 Å². The van der Waals surface area contributed by atoms with Gasteiger partial charge in [0.05, 0.1) is 22.6 Å². The smallest absolute Gasteiger partial charge is 0.335 e. The topological polar surface area (TPSA) is 95.4 Å². The molecule has 1 saturated heterocycles. The molecule has 7 nitrogen and oxygen atoms in total. The maximum absolute atomic E-state index is 12.2. The van der Waals surface area contributed by atoms with Crippen LogP contribution in [0.5, 0.6) is 0 Å². The van der Waals surface area contributed by atoms with Gasteiger partial charge in [0.2, 0.25) is 5.91 Å². The number of fused-ring (bicyclic) bond motifs is 1. The lowest BCUT2D eigenvalue weighted by molar-refractivity contribution is -0.132. The number of carbonyl (C=O) groups excluding carboxylic acids is 1. The Balaban J connectivity index is 2.07. The zero-order valence-electron chi connectivity index (χ0n) is 11.5. The molecule has 1 aliphatic heterocycles. The SMILES string of the molecule is CN1CC(n2c(=O)[nH]c3cc(C(=O)O)ccc32)CCC1=O. The third kappa shape index (κ3) is 2.20. The molecule has 21 heavy (non-hydrogen) atoms. The summed E-state index contributed by atoms with van der Waals surface area (Å²) in [6, 6.07) is 4.47. The second-order valence-corrected chi connectivity index (χ2v) is 5.30. The van der Waals surface area contributed by atoms with Gasteiger partial charge in [0.25, 0.3) is 0 Å². The minimum Gasteiger partial charge on any atom is -0.478 e. The molecule has 1 fully saturated rings. The summed E-state index contributed by atoms with van der Waals surface area (Å²) in [5.41, 5.74) is 1.02. The van der Waals surface area contributed by atoms with E-state index in [0.717, 1.165) is 0 Å². The van der Waals surface area contributed by atoms with Gasteiger partial charge in [-0.15, -0.1) is 0 Å². The second kappa shape index (κ2) is 4.76. The van der Waals surface area contributed by atoms with Crippen molar-refractivity contribution in [2.24, 2.45) is 0 Å². The van der Waals surface area contributed by atoms with Crippen LogP contribution >= 0.6 is 0 Å². The van der Waals surface area contributed by atoms with E-state index in [9.17, 15) is 14.4 Å². The number of piperidine rings is 1. The van der Waals surface area contributed by atoms with Crippen LogP contribution < -0.4 is 5.69 Å². The number of aromatic nitrogens is 2. The fourth-order valence-corrected chi connectivity index (χ4v) is 2.83. The molecule has 1 aromatic heterocycles. The number of nitrogens with zero attached hydrogens (tertiary/aromatic N) is 2. The maximum Gasteiger partial charge on any atom is 0.335 e. The number of benzene rings is 1. The van der Waals surface area contributed by atoms with Crippen LogP contribution in [0.3, 0.4) is 0 Å². The Hall–Kier alpha value is -2.57. The van der Waals surface area contributed by atoms with E-state index in [1.54, 1.807) is 22.6 Å². The number of carboxylic acids is 1. The van der Waals surface area contributed by atoms with E-state index >= 15 is 0 Å². The average Bonchev–Trinajstić information content (AvgIpc) is 2.76. The second-order valence-electron chi connectivity index (χ2n) is 5.30. The fraction of sp³-hybridized carbons (Fsp3) is 0.357. The van der Waals surface area contributed by atoms with Gasteiger partial charge in [-0.3, -0.25) is 9.36 Å². The summed E-state index contributed by atoms with van der Waals surface area (Å²) in [6.07, 6.45) is 1.02. The normalized spacial score (nSPS) is 19.2. The van der Waals surface area contributed by atoms with Gasteiger partial charge in [0.15, 0.2) is 0 Å². The van der Waals surface area contributed by atoms with Gasteiger partial charge < -0.3 is 15.0 Å². The molecule has 7 heteroatoms. The van der Waals surface area contributed by atoms with Crippen molar-refractivity contribution in [3.05, 3.63) is 34.2 Å². The Bertz CT molecular complexity index is 789. The fourth-order valence-electron chi connectivity index (χ4n) is 2.83. The summed E-state index contributed by atoms with van der Waals surface area (Å²) < 4.78 is 1.61. The van der Waals surface area contributed by atoms with Crippen LogP contribution in [0.25, 0.3) is 11.0 Å². The predicted molar refractivity (Wildman–Crippen MR) is 75.4 cm³/mol. The molecule has 0 bridgehead atoms. The van der Waals surface area contributed by atoms with Crippen molar-refractivity contribution >= 4 is 22.9 Å². The number of imidazole rings is 1. The summed E-state index contributed by atoms with van der Waals surface area (Å²) in [4.78, 5) is 39.0. The molecule has 2 N–H and O–H groups in total. The number of aromatic carboxylic acids is 1. The molecule has 3 rings (SSSR count). The largest absolute Gasteiger partial charge is 0.478 e. The number of hydrogen-bond donors (Lipinski definition) is 2. The van der Waals surface area contributed by atoms with Crippen molar-refractivity contribution in [3.8, 4) is 0 Å². The third-order valence-corrected chi connectivity index (χ3v) is 3.93. The van der Waals surface area contributed by atoms with Crippen LogP contribution in [0, 0.1) is 0 Å². The highest BCUT2D eigenvalue weighted by Gasteiger charge is 2.26. The first-order chi connectivity index (χ1) is 9.97. The molecule has 1 atom stereocenters. The quantitative estimate of drug-likeness (QED) is 0.855. The highest BCUT2D eigenvalue weighted by atomic mass is 16.4. The van der Waals surface area contributed by atoms with Gasteiger partial charge in [-0.05, 0) is 24.6 Å². The first-order valence-corrected chi connectivity index (χ1v) is 6.69. The molecule has 110 valence electrons. The van der Waals surface area contributed by atoms with E-state index in [1.165, 1.54) is 12.1 Å². The van der Waals surface area contributed by atoms with Crippen molar-refractivity contribution in [1.29, 1.82) is 0 Å². The van der Waals surface area contributed by atoms with Crippen LogP contribution in [0.15, 0.2) is 23.0 Å². The molecule has 1 aromatic carbocycles. The number of carboxylic acid groups (broad SMARTS) is 1. The molecule has 2 aromatic rings. The molecule has 1 amide bonds. The summed E-state index contributed by atoms with van der Waals surface area (Å²) in [5, 5.41) is 8.99. The number of likely N-dealkylation sites (tertiary alicyclic amines) is 1. The molecule has 1 unspecified atom stereocenters. The average molecular weight is 289 g/mol. The number of H-pyrrole nitrogens is 1. The lowest BCUT2D eigenvalue weighted by Gasteiger charge is -2.30. The van der Waals surface area contributed by atoms with Crippen LogP contribution in [-0.2, 0) is 4.79 Å². The van der Waals surface area contributed by atoms with Crippen molar-refractivity contribution in [3.63, 3.8) is 0 Å². The number of amides is 1. The lowest BCUT2D eigenvalue weighted by atomic mass is 10.1. The minimum absolute atomic E-state index is 0.0762. The predicted octanol–water partition coefficient (Wildman–Crippen LogP) is 0.821. The standard InChI is InChI=1S/C14H15N3O4/c1-16-7-9(3-5-12(16)18)17-11-4-2-8(13(19)20)6-10(11)15-14(17)21/h2,4,6,9H,3,5,7H2,1H3,(H,15,21)(H,19,20). The van der Waals surface area contributed by atoms with E-state index < -0.39 is 5.97 Å². The van der Waals surface area contributed by atoms with Gasteiger partial charge in [0, 0.05) is 20.0 Å². The lowest BCUT2D eigenvalue weighted by Crippen LogP contribution is -2.40. The van der Waals surface area contributed by atoms with Crippen LogP contribution in [0.2, 0.25) is 0 Å². The van der Waals surface area contributed by atoms with Gasteiger partial charge in [-0.1, -0.05) is 0 Å². The molecule has 2 heterocycles. The van der Waals surface area contributed by atoms with Crippen molar-refractivity contribution in [1.82, 2.24) is 14.5 Å². The summed E-state index contributed by atoms with van der Waals surface area (Å²) >= 11 is 0. The highest BCUT2D eigenvalue weighted by molar-refractivity contribution is 5.92. The third-order valence-electron chi connectivity index (χ3n) is 3.93. The summed E-state index contributed by atoms with van der Waals surface area (Å²) in [7, 11) is 1.72. The zero-order valence-corrected chi connectivity index (χ0v) is 11.5. The van der Waals surface area contributed by atoms with Crippen molar-refractivity contribution in [2.75, 3.05) is 13.6 Å². The number of likely N-dealkylation sites (N-methyl/N-ethyl adjacent to an activating group) is 1. The first kappa shape index (κ1) is 13.4. The molecular formula is C14H15N3O4. The van der Waals surface area contributed by atoms with Gasteiger partial charge in [0.1, 0.15) is 0 Å². The van der Waals surface area contributed by atoms with Crippen molar-refractivity contribution < 1.29 is 14.7 Å². The highest BCUT2D eigenvalue weighted by Crippen LogP contribution is 2.24.